The lowest BCUT2D eigenvalue weighted by molar-refractivity contribution is 0.304. The molecule has 104 valence electrons. The highest BCUT2D eigenvalue weighted by molar-refractivity contribution is 7.99. The SMILES string of the molecule is CCSc1cccc(OCCCNC(C)C)c1C#N. The first-order chi connectivity index (χ1) is 9.19. The van der Waals surface area contributed by atoms with Gasteiger partial charge in [-0.15, -0.1) is 11.8 Å². The summed E-state index contributed by atoms with van der Waals surface area (Å²) in [6.07, 6.45) is 0.939. The average molecular weight is 278 g/mol. The quantitative estimate of drug-likeness (QED) is 0.584. The molecule has 0 aliphatic rings. The van der Waals surface area contributed by atoms with Crippen molar-refractivity contribution < 1.29 is 4.74 Å². The van der Waals surface area contributed by atoms with Crippen LogP contribution >= 0.6 is 11.8 Å². The Kier molecular flexibility index (Phi) is 7.39. The molecule has 1 aromatic carbocycles. The van der Waals surface area contributed by atoms with Crippen molar-refractivity contribution in [3.63, 3.8) is 0 Å². The predicted octanol–water partition coefficient (Wildman–Crippen LogP) is 3.44. The molecule has 1 aromatic rings. The molecule has 0 fully saturated rings. The van der Waals surface area contributed by atoms with Crippen molar-refractivity contribution in [2.45, 2.75) is 38.1 Å². The van der Waals surface area contributed by atoms with Gasteiger partial charge in [0.1, 0.15) is 17.4 Å². The number of nitrogens with one attached hydrogen (secondary N) is 1. The normalized spacial score (nSPS) is 10.5. The first-order valence-corrected chi connectivity index (χ1v) is 7.69. The molecule has 4 heteroatoms. The second-order valence-corrected chi connectivity index (χ2v) is 5.79. The van der Waals surface area contributed by atoms with E-state index in [1.54, 1.807) is 11.8 Å². The molecule has 0 bridgehead atoms. The molecule has 3 nitrogen and oxygen atoms in total. The van der Waals surface area contributed by atoms with Gasteiger partial charge in [0.25, 0.3) is 0 Å². The van der Waals surface area contributed by atoms with Gasteiger partial charge in [-0.1, -0.05) is 26.8 Å². The third-order valence-corrected chi connectivity index (χ3v) is 3.47. The lowest BCUT2D eigenvalue weighted by Gasteiger charge is -2.11. The zero-order chi connectivity index (χ0) is 14.1. The zero-order valence-corrected chi connectivity index (χ0v) is 12.7. The molecule has 0 aromatic heterocycles. The van der Waals surface area contributed by atoms with Crippen molar-refractivity contribution in [3.05, 3.63) is 23.8 Å². The van der Waals surface area contributed by atoms with Crippen molar-refractivity contribution >= 4 is 11.8 Å². The molecule has 0 atom stereocenters. The number of benzene rings is 1. The molecular formula is C15H22N2OS. The van der Waals surface area contributed by atoms with E-state index in [-0.39, 0.29) is 0 Å². The maximum absolute atomic E-state index is 9.25. The number of hydrogen-bond donors (Lipinski definition) is 1. The van der Waals surface area contributed by atoms with E-state index in [0.29, 0.717) is 24.0 Å². The van der Waals surface area contributed by atoms with E-state index in [2.05, 4.69) is 32.2 Å². The van der Waals surface area contributed by atoms with Crippen LogP contribution in [0.15, 0.2) is 23.1 Å². The third-order valence-electron chi connectivity index (χ3n) is 2.53. The van der Waals surface area contributed by atoms with Crippen LogP contribution < -0.4 is 10.1 Å². The van der Waals surface area contributed by atoms with E-state index in [0.717, 1.165) is 23.6 Å². The van der Waals surface area contributed by atoms with Gasteiger partial charge >= 0.3 is 0 Å². The van der Waals surface area contributed by atoms with Crippen LogP contribution in [0.2, 0.25) is 0 Å². The van der Waals surface area contributed by atoms with Crippen LogP contribution in [0, 0.1) is 11.3 Å². The van der Waals surface area contributed by atoms with Gasteiger partial charge in [0.15, 0.2) is 0 Å². The summed E-state index contributed by atoms with van der Waals surface area (Å²) in [6.45, 7) is 7.90. The van der Waals surface area contributed by atoms with Gasteiger partial charge in [-0.2, -0.15) is 5.26 Å². The minimum atomic E-state index is 0.499. The number of hydrogen-bond acceptors (Lipinski definition) is 4. The smallest absolute Gasteiger partial charge is 0.138 e. The largest absolute Gasteiger partial charge is 0.492 e. The molecule has 0 radical (unpaired) electrons. The summed E-state index contributed by atoms with van der Waals surface area (Å²) in [5, 5.41) is 12.6. The highest BCUT2D eigenvalue weighted by atomic mass is 32.2. The second kappa shape index (κ2) is 8.84. The minimum absolute atomic E-state index is 0.499. The van der Waals surface area contributed by atoms with Crippen LogP contribution in [-0.4, -0.2) is 24.9 Å². The van der Waals surface area contributed by atoms with E-state index >= 15 is 0 Å². The fraction of sp³-hybridized carbons (Fsp3) is 0.533. The Bertz CT molecular complexity index is 427. The summed E-state index contributed by atoms with van der Waals surface area (Å²) in [7, 11) is 0. The van der Waals surface area contributed by atoms with E-state index in [9.17, 15) is 5.26 Å². The number of nitriles is 1. The van der Waals surface area contributed by atoms with E-state index in [1.165, 1.54) is 0 Å². The van der Waals surface area contributed by atoms with Crippen LogP contribution in [0.1, 0.15) is 32.8 Å². The van der Waals surface area contributed by atoms with Gasteiger partial charge in [-0.25, -0.2) is 0 Å². The number of thioether (sulfide) groups is 1. The summed E-state index contributed by atoms with van der Waals surface area (Å²) >= 11 is 1.67. The van der Waals surface area contributed by atoms with Crippen molar-refractivity contribution in [3.8, 4) is 11.8 Å². The Hall–Kier alpha value is -1.18. The number of rotatable bonds is 8. The summed E-state index contributed by atoms with van der Waals surface area (Å²) in [6, 6.07) is 8.53. The van der Waals surface area contributed by atoms with Crippen LogP contribution in [0.3, 0.4) is 0 Å². The lowest BCUT2D eigenvalue weighted by Crippen LogP contribution is -2.24. The summed E-state index contributed by atoms with van der Waals surface area (Å²) in [5.74, 6) is 1.65. The average Bonchev–Trinajstić information content (AvgIpc) is 2.38. The van der Waals surface area contributed by atoms with Crippen molar-refractivity contribution in [1.82, 2.24) is 5.32 Å². The summed E-state index contributed by atoms with van der Waals surface area (Å²) < 4.78 is 5.72. The van der Waals surface area contributed by atoms with E-state index < -0.39 is 0 Å². The van der Waals surface area contributed by atoms with E-state index in [1.807, 2.05) is 18.2 Å². The molecule has 0 spiro atoms. The standard InChI is InChI=1S/C15H22N2OS/c1-4-19-15-8-5-7-14(13(15)11-16)18-10-6-9-17-12(2)3/h5,7-8,12,17H,4,6,9-10H2,1-3H3. The highest BCUT2D eigenvalue weighted by Crippen LogP contribution is 2.29. The van der Waals surface area contributed by atoms with Crippen LogP contribution in [-0.2, 0) is 0 Å². The van der Waals surface area contributed by atoms with E-state index in [4.69, 9.17) is 4.74 Å². The molecule has 0 aliphatic heterocycles. The van der Waals surface area contributed by atoms with Crippen LogP contribution in [0.5, 0.6) is 5.75 Å². The molecule has 0 saturated heterocycles. The molecule has 0 amide bonds. The van der Waals surface area contributed by atoms with Gasteiger partial charge in [0.05, 0.1) is 6.61 Å². The first-order valence-electron chi connectivity index (χ1n) is 6.71. The Morgan fingerprint density at radius 3 is 2.84 bits per heavy atom. The molecular weight excluding hydrogens is 256 g/mol. The van der Waals surface area contributed by atoms with Crippen LogP contribution in [0.4, 0.5) is 0 Å². The second-order valence-electron chi connectivity index (χ2n) is 4.48. The molecule has 0 aliphatic carbocycles. The topological polar surface area (TPSA) is 45.0 Å². The highest BCUT2D eigenvalue weighted by Gasteiger charge is 2.08. The predicted molar refractivity (Wildman–Crippen MR) is 80.8 cm³/mol. The molecule has 1 N–H and O–H groups in total. The Balaban J connectivity index is 2.54. The minimum Gasteiger partial charge on any atom is -0.492 e. The van der Waals surface area contributed by atoms with Crippen molar-refractivity contribution in [1.29, 1.82) is 5.26 Å². The maximum atomic E-state index is 9.25. The molecule has 0 heterocycles. The summed E-state index contributed by atoms with van der Waals surface area (Å²) in [5.41, 5.74) is 0.658. The fourth-order valence-electron chi connectivity index (χ4n) is 1.66. The molecule has 19 heavy (non-hydrogen) atoms. The molecule has 1 rings (SSSR count). The summed E-state index contributed by atoms with van der Waals surface area (Å²) in [4.78, 5) is 1.00. The van der Waals surface area contributed by atoms with Gasteiger partial charge in [0.2, 0.25) is 0 Å². The van der Waals surface area contributed by atoms with Gasteiger partial charge < -0.3 is 10.1 Å². The monoisotopic (exact) mass is 278 g/mol. The maximum Gasteiger partial charge on any atom is 0.138 e. The Morgan fingerprint density at radius 1 is 1.42 bits per heavy atom. The Morgan fingerprint density at radius 2 is 2.21 bits per heavy atom. The van der Waals surface area contributed by atoms with Gasteiger partial charge in [-0.3, -0.25) is 0 Å². The number of nitrogens with zero attached hydrogens (tertiary/aromatic N) is 1. The van der Waals surface area contributed by atoms with Gasteiger partial charge in [0, 0.05) is 10.9 Å². The first kappa shape index (κ1) is 15.9. The fourth-order valence-corrected chi connectivity index (χ4v) is 2.44. The zero-order valence-electron chi connectivity index (χ0n) is 11.9. The lowest BCUT2D eigenvalue weighted by atomic mass is 10.2. The number of ether oxygens (including phenoxy) is 1. The Labute approximate surface area is 120 Å². The van der Waals surface area contributed by atoms with Crippen LogP contribution in [0.25, 0.3) is 0 Å². The van der Waals surface area contributed by atoms with Crippen molar-refractivity contribution in [2.75, 3.05) is 18.9 Å². The molecule has 0 saturated carbocycles. The van der Waals surface area contributed by atoms with Gasteiger partial charge in [-0.05, 0) is 30.9 Å². The third kappa shape index (κ3) is 5.54. The van der Waals surface area contributed by atoms with Crippen molar-refractivity contribution in [2.24, 2.45) is 0 Å². The molecule has 0 unspecified atom stereocenters.